The number of morpholine rings is 1. The predicted octanol–water partition coefficient (Wildman–Crippen LogP) is 1.14. The Hall–Kier alpha value is -3.88. The Kier molecular flexibility index (Phi) is 7.99. The van der Waals surface area contributed by atoms with Gasteiger partial charge in [0, 0.05) is 13.1 Å². The monoisotopic (exact) mass is 562 g/mol. The first-order chi connectivity index (χ1) is 18.5. The van der Waals surface area contributed by atoms with Gasteiger partial charge in [0.2, 0.25) is 15.9 Å². The molecule has 0 bridgehead atoms. The quantitative estimate of drug-likeness (QED) is 0.429. The average Bonchev–Trinajstić information content (AvgIpc) is 3.16. The van der Waals surface area contributed by atoms with Crippen molar-refractivity contribution in [2.45, 2.75) is 17.4 Å². The van der Waals surface area contributed by atoms with Crippen LogP contribution in [0.25, 0.3) is 0 Å². The van der Waals surface area contributed by atoms with E-state index in [2.05, 4.69) is 10.6 Å². The van der Waals surface area contributed by atoms with Crippen molar-refractivity contribution < 1.29 is 41.7 Å². The highest BCUT2D eigenvalue weighted by Crippen LogP contribution is 2.35. The van der Waals surface area contributed by atoms with Gasteiger partial charge in [-0.05, 0) is 42.8 Å². The highest BCUT2D eigenvalue weighted by molar-refractivity contribution is 7.89. The molecule has 0 aliphatic carbocycles. The van der Waals surface area contributed by atoms with Crippen molar-refractivity contribution in [2.75, 3.05) is 59.5 Å². The number of hydrogen-bond donors (Lipinski definition) is 2. The number of carbonyl (C=O) groups excluding carboxylic acids is 3. The number of nitrogens with zero attached hydrogens (tertiary/aromatic N) is 2. The van der Waals surface area contributed by atoms with E-state index in [1.165, 1.54) is 50.8 Å². The molecule has 2 heterocycles. The molecule has 0 radical (unpaired) electrons. The van der Waals surface area contributed by atoms with Crippen LogP contribution in [-0.4, -0.2) is 89.6 Å². The molecule has 14 heteroatoms. The van der Waals surface area contributed by atoms with Crippen LogP contribution < -0.4 is 24.8 Å². The van der Waals surface area contributed by atoms with Crippen LogP contribution in [0.3, 0.4) is 0 Å². The lowest BCUT2D eigenvalue weighted by molar-refractivity contribution is -0.133. The third-order valence-electron chi connectivity index (χ3n) is 6.59. The second-order valence-corrected chi connectivity index (χ2v) is 10.9. The molecule has 2 aromatic carbocycles. The first kappa shape index (κ1) is 28.1. The second kappa shape index (κ2) is 11.1. The molecule has 1 unspecified atom stereocenters. The van der Waals surface area contributed by atoms with Gasteiger partial charge in [-0.15, -0.1) is 0 Å². The van der Waals surface area contributed by atoms with Gasteiger partial charge in [0.1, 0.15) is 17.8 Å². The topological polar surface area (TPSA) is 153 Å². The zero-order chi connectivity index (χ0) is 28.4. The maximum Gasteiger partial charge on any atom is 0.325 e. The third-order valence-corrected chi connectivity index (χ3v) is 8.49. The summed E-state index contributed by atoms with van der Waals surface area (Å²) in [6, 6.07) is 8.12. The summed E-state index contributed by atoms with van der Waals surface area (Å²) in [5.41, 5.74) is -0.948. The number of urea groups is 1. The molecular formula is C25H30N4O9S. The smallest absolute Gasteiger partial charge is 0.325 e. The molecule has 4 rings (SSSR count). The minimum atomic E-state index is -3.84. The van der Waals surface area contributed by atoms with Crippen LogP contribution in [-0.2, 0) is 29.9 Å². The van der Waals surface area contributed by atoms with Crippen LogP contribution in [0.1, 0.15) is 12.5 Å². The van der Waals surface area contributed by atoms with Gasteiger partial charge in [0.05, 0.1) is 45.1 Å². The Labute approximate surface area is 226 Å². The van der Waals surface area contributed by atoms with Crippen molar-refractivity contribution in [3.63, 3.8) is 0 Å². The van der Waals surface area contributed by atoms with E-state index >= 15 is 0 Å². The maximum absolute atomic E-state index is 13.3. The Morgan fingerprint density at radius 1 is 1.00 bits per heavy atom. The normalized spacial score (nSPS) is 19.9. The first-order valence-corrected chi connectivity index (χ1v) is 13.4. The molecule has 0 aromatic heterocycles. The molecule has 13 nitrogen and oxygen atoms in total. The van der Waals surface area contributed by atoms with Crippen LogP contribution in [0, 0.1) is 0 Å². The van der Waals surface area contributed by atoms with Gasteiger partial charge in [-0.3, -0.25) is 14.5 Å². The number of methoxy groups -OCH3 is 3. The lowest BCUT2D eigenvalue weighted by Gasteiger charge is -2.26. The molecule has 2 saturated heterocycles. The van der Waals surface area contributed by atoms with E-state index in [9.17, 15) is 22.8 Å². The largest absolute Gasteiger partial charge is 0.495 e. The predicted molar refractivity (Wildman–Crippen MR) is 138 cm³/mol. The van der Waals surface area contributed by atoms with Crippen molar-refractivity contribution in [3.8, 4) is 17.2 Å². The molecule has 1 atom stereocenters. The number of imide groups is 1. The fourth-order valence-corrected chi connectivity index (χ4v) is 5.83. The van der Waals surface area contributed by atoms with E-state index in [-0.39, 0.29) is 42.6 Å². The number of sulfonamides is 1. The molecule has 39 heavy (non-hydrogen) atoms. The van der Waals surface area contributed by atoms with Crippen LogP contribution in [0.5, 0.6) is 17.2 Å². The van der Waals surface area contributed by atoms with Crippen molar-refractivity contribution in [3.05, 3.63) is 42.0 Å². The Balaban J connectivity index is 1.53. The fourth-order valence-electron chi connectivity index (χ4n) is 4.40. The molecule has 2 aromatic rings. The van der Waals surface area contributed by atoms with E-state index in [4.69, 9.17) is 18.9 Å². The molecule has 0 saturated carbocycles. The zero-order valence-corrected chi connectivity index (χ0v) is 22.8. The Bertz CT molecular complexity index is 1390. The van der Waals surface area contributed by atoms with Gasteiger partial charge < -0.3 is 29.6 Å². The summed E-state index contributed by atoms with van der Waals surface area (Å²) in [6.07, 6.45) is 0. The van der Waals surface area contributed by atoms with Crippen LogP contribution in [0.4, 0.5) is 10.5 Å². The van der Waals surface area contributed by atoms with Crippen molar-refractivity contribution in [2.24, 2.45) is 0 Å². The van der Waals surface area contributed by atoms with Crippen molar-refractivity contribution in [1.29, 1.82) is 0 Å². The molecule has 2 aliphatic rings. The number of amides is 4. The van der Waals surface area contributed by atoms with E-state index in [0.717, 1.165) is 4.90 Å². The average molecular weight is 563 g/mol. The van der Waals surface area contributed by atoms with E-state index in [0.29, 0.717) is 17.1 Å². The molecule has 0 spiro atoms. The van der Waals surface area contributed by atoms with E-state index in [1.54, 1.807) is 18.2 Å². The van der Waals surface area contributed by atoms with Crippen LogP contribution >= 0.6 is 0 Å². The minimum absolute atomic E-state index is 0.0449. The molecule has 2 aliphatic heterocycles. The summed E-state index contributed by atoms with van der Waals surface area (Å²) in [5, 5.41) is 5.20. The molecule has 2 fully saturated rings. The summed E-state index contributed by atoms with van der Waals surface area (Å²) in [5.74, 6) is -0.352. The maximum atomic E-state index is 13.3. The number of ether oxygens (including phenoxy) is 4. The number of anilines is 1. The summed E-state index contributed by atoms with van der Waals surface area (Å²) in [4.78, 5) is 39.8. The van der Waals surface area contributed by atoms with Crippen LogP contribution in [0.15, 0.2) is 41.3 Å². The lowest BCUT2D eigenvalue weighted by Crippen LogP contribution is -2.42. The van der Waals surface area contributed by atoms with E-state index < -0.39 is 40.0 Å². The van der Waals surface area contributed by atoms with Gasteiger partial charge in [-0.25, -0.2) is 13.2 Å². The number of rotatable bonds is 9. The Morgan fingerprint density at radius 2 is 1.64 bits per heavy atom. The number of hydrogen-bond acceptors (Lipinski definition) is 9. The van der Waals surface area contributed by atoms with Crippen molar-refractivity contribution in [1.82, 2.24) is 14.5 Å². The summed E-state index contributed by atoms with van der Waals surface area (Å²) < 4.78 is 48.5. The van der Waals surface area contributed by atoms with Gasteiger partial charge in [-0.1, -0.05) is 6.07 Å². The SMILES string of the molecule is COc1ccc(S(=O)(=O)N2CCOCC2)cc1NC(=O)CN1C(=O)NC(C)(c2ccc(OC)c(OC)c2)C1=O. The molecule has 4 amide bonds. The van der Waals surface area contributed by atoms with Crippen LogP contribution in [0.2, 0.25) is 0 Å². The van der Waals surface area contributed by atoms with Gasteiger partial charge in [0.15, 0.2) is 11.5 Å². The minimum Gasteiger partial charge on any atom is -0.495 e. The number of carbonyl (C=O) groups is 3. The van der Waals surface area contributed by atoms with Gasteiger partial charge in [-0.2, -0.15) is 4.31 Å². The molecular weight excluding hydrogens is 532 g/mol. The Morgan fingerprint density at radius 3 is 2.28 bits per heavy atom. The standard InChI is InChI=1S/C25H30N4O9S/c1-25(16-5-7-20(36-3)21(13-16)37-4)23(31)29(24(32)27-25)15-22(30)26-18-14-17(6-8-19(18)35-2)39(33,34)28-9-11-38-12-10-28/h5-8,13-14H,9-12,15H2,1-4H3,(H,26,30)(H,27,32). The second-order valence-electron chi connectivity index (χ2n) is 8.94. The van der Waals surface area contributed by atoms with Crippen molar-refractivity contribution >= 4 is 33.6 Å². The number of benzene rings is 2. The highest BCUT2D eigenvalue weighted by atomic mass is 32.2. The molecule has 210 valence electrons. The lowest BCUT2D eigenvalue weighted by atomic mass is 9.91. The first-order valence-electron chi connectivity index (χ1n) is 12.0. The summed E-state index contributed by atoms with van der Waals surface area (Å²) >= 11 is 0. The number of nitrogens with one attached hydrogen (secondary N) is 2. The van der Waals surface area contributed by atoms with E-state index in [1.807, 2.05) is 0 Å². The van der Waals surface area contributed by atoms with Gasteiger partial charge in [0.25, 0.3) is 5.91 Å². The summed E-state index contributed by atoms with van der Waals surface area (Å²) in [7, 11) is 0.451. The highest BCUT2D eigenvalue weighted by Gasteiger charge is 2.49. The zero-order valence-electron chi connectivity index (χ0n) is 22.0. The summed E-state index contributed by atoms with van der Waals surface area (Å²) in [6.45, 7) is 1.90. The molecule has 2 N–H and O–H groups in total. The van der Waals surface area contributed by atoms with Gasteiger partial charge >= 0.3 is 6.03 Å². The third kappa shape index (κ3) is 5.35. The fraction of sp³-hybridized carbons (Fsp3) is 0.400.